The number of rotatable bonds is 7. The minimum atomic E-state index is 0.183. The second-order valence-corrected chi connectivity index (χ2v) is 8.50. The van der Waals surface area contributed by atoms with E-state index in [4.69, 9.17) is 9.47 Å². The summed E-state index contributed by atoms with van der Waals surface area (Å²) >= 11 is 3.23. The fraction of sp³-hybridized carbons (Fsp3) is 0.381. The lowest BCUT2D eigenvalue weighted by molar-refractivity contribution is -0.134. The summed E-state index contributed by atoms with van der Waals surface area (Å²) in [5, 5.41) is 4.11. The lowest BCUT2D eigenvalue weighted by Crippen LogP contribution is -2.40. The molecule has 0 spiro atoms. The lowest BCUT2D eigenvalue weighted by Gasteiger charge is -2.26. The molecule has 4 rings (SSSR count). The Kier molecular flexibility index (Phi) is 6.63. The molecule has 8 heteroatoms. The van der Waals surface area contributed by atoms with Crippen LogP contribution >= 0.6 is 23.1 Å². The van der Waals surface area contributed by atoms with Crippen molar-refractivity contribution in [1.29, 1.82) is 0 Å². The van der Waals surface area contributed by atoms with Crippen LogP contribution in [0.15, 0.2) is 41.0 Å². The van der Waals surface area contributed by atoms with Gasteiger partial charge in [-0.1, -0.05) is 12.1 Å². The summed E-state index contributed by atoms with van der Waals surface area (Å²) in [6, 6.07) is 8.10. The van der Waals surface area contributed by atoms with Gasteiger partial charge in [-0.2, -0.15) is 0 Å². The summed E-state index contributed by atoms with van der Waals surface area (Å²) in [7, 11) is 0. The van der Waals surface area contributed by atoms with Crippen LogP contribution in [-0.4, -0.2) is 59.4 Å². The van der Waals surface area contributed by atoms with Crippen LogP contribution in [0.1, 0.15) is 13.3 Å². The summed E-state index contributed by atoms with van der Waals surface area (Å²) in [5.41, 5.74) is 2.23. The topological polar surface area (TPSA) is 64.6 Å². The molecule has 3 aromatic rings. The third kappa shape index (κ3) is 4.71. The third-order valence-corrected chi connectivity index (χ3v) is 6.61. The number of fused-ring (bicyclic) bond motifs is 1. The zero-order valence-corrected chi connectivity index (χ0v) is 17.9. The molecule has 1 amide bonds. The van der Waals surface area contributed by atoms with E-state index in [0.29, 0.717) is 45.1 Å². The van der Waals surface area contributed by atoms with Crippen molar-refractivity contribution in [3.8, 4) is 16.9 Å². The molecule has 1 fully saturated rings. The zero-order valence-electron chi connectivity index (χ0n) is 16.3. The van der Waals surface area contributed by atoms with Crippen LogP contribution in [0.3, 0.4) is 0 Å². The minimum absolute atomic E-state index is 0.183. The second-order valence-electron chi connectivity index (χ2n) is 6.56. The minimum Gasteiger partial charge on any atom is -0.494 e. The fourth-order valence-corrected chi connectivity index (χ4v) is 5.20. The van der Waals surface area contributed by atoms with E-state index in [9.17, 15) is 4.79 Å². The highest BCUT2D eigenvalue weighted by Crippen LogP contribution is 2.38. The van der Waals surface area contributed by atoms with Crippen LogP contribution in [0.25, 0.3) is 21.3 Å². The molecule has 1 aromatic carbocycles. The van der Waals surface area contributed by atoms with E-state index in [1.54, 1.807) is 29.4 Å². The number of amides is 1. The van der Waals surface area contributed by atoms with Crippen LogP contribution < -0.4 is 4.74 Å². The zero-order chi connectivity index (χ0) is 20.1. The van der Waals surface area contributed by atoms with Crippen LogP contribution in [0.5, 0.6) is 5.75 Å². The molecule has 0 N–H and O–H groups in total. The van der Waals surface area contributed by atoms with E-state index >= 15 is 0 Å². The molecule has 0 saturated carbocycles. The third-order valence-electron chi connectivity index (χ3n) is 4.73. The second kappa shape index (κ2) is 9.56. The lowest BCUT2D eigenvalue weighted by atomic mass is 10.1. The van der Waals surface area contributed by atoms with E-state index in [2.05, 4.69) is 27.5 Å². The van der Waals surface area contributed by atoms with Gasteiger partial charge in [0, 0.05) is 36.2 Å². The number of nitrogens with zero attached hydrogens (tertiary/aromatic N) is 3. The molecule has 29 heavy (non-hydrogen) atoms. The highest BCUT2D eigenvalue weighted by Gasteiger charge is 2.18. The number of benzene rings is 1. The van der Waals surface area contributed by atoms with Gasteiger partial charge in [0.1, 0.15) is 21.9 Å². The number of thioether (sulfide) groups is 1. The predicted molar refractivity (Wildman–Crippen MR) is 117 cm³/mol. The summed E-state index contributed by atoms with van der Waals surface area (Å²) in [6.07, 6.45) is 2.10. The number of ether oxygens (including phenoxy) is 2. The van der Waals surface area contributed by atoms with Gasteiger partial charge in [-0.3, -0.25) is 4.79 Å². The van der Waals surface area contributed by atoms with Crippen molar-refractivity contribution in [3.63, 3.8) is 0 Å². The maximum Gasteiger partial charge on any atom is 0.223 e. The summed E-state index contributed by atoms with van der Waals surface area (Å²) in [4.78, 5) is 24.2. The van der Waals surface area contributed by atoms with Crippen molar-refractivity contribution in [2.24, 2.45) is 0 Å². The Morgan fingerprint density at radius 2 is 2.03 bits per heavy atom. The molecule has 152 valence electrons. The first kappa shape index (κ1) is 20.1. The Bertz CT molecular complexity index is 969. The standard InChI is InChI=1S/C21H23N3O3S2/c1-2-27-16-5-3-15(4-6-16)17-13-29-21-19(17)20(22-14-23-21)28-12-7-18(25)24-8-10-26-11-9-24/h3-6,13-14H,2,7-12H2,1H3. The number of aromatic nitrogens is 2. The molecule has 0 atom stereocenters. The average Bonchev–Trinajstić information content (AvgIpc) is 3.20. The van der Waals surface area contributed by atoms with Crippen molar-refractivity contribution >= 4 is 39.2 Å². The van der Waals surface area contributed by atoms with Gasteiger partial charge in [-0.15, -0.1) is 23.1 Å². The largest absolute Gasteiger partial charge is 0.494 e. The first-order valence-electron chi connectivity index (χ1n) is 9.70. The van der Waals surface area contributed by atoms with Gasteiger partial charge in [0.15, 0.2) is 0 Å². The molecule has 1 aliphatic heterocycles. The number of hydrogen-bond acceptors (Lipinski definition) is 7. The van der Waals surface area contributed by atoms with Crippen molar-refractivity contribution < 1.29 is 14.3 Å². The van der Waals surface area contributed by atoms with Gasteiger partial charge < -0.3 is 14.4 Å². The SMILES string of the molecule is CCOc1ccc(-c2csc3ncnc(SCCC(=O)N4CCOCC4)c23)cc1. The number of morpholine rings is 1. The molecule has 2 aromatic heterocycles. The molecular weight excluding hydrogens is 406 g/mol. The normalized spacial score (nSPS) is 14.3. The Labute approximate surface area is 178 Å². The van der Waals surface area contributed by atoms with Gasteiger partial charge in [-0.25, -0.2) is 9.97 Å². The highest BCUT2D eigenvalue weighted by molar-refractivity contribution is 7.99. The van der Waals surface area contributed by atoms with Crippen molar-refractivity contribution in [3.05, 3.63) is 36.0 Å². The summed E-state index contributed by atoms with van der Waals surface area (Å²) in [5.74, 6) is 1.74. The molecule has 0 radical (unpaired) electrons. The number of carbonyl (C=O) groups is 1. The number of thiophene rings is 1. The molecule has 0 bridgehead atoms. The van der Waals surface area contributed by atoms with Crippen molar-refractivity contribution in [2.45, 2.75) is 18.4 Å². The van der Waals surface area contributed by atoms with Crippen LogP contribution in [0.4, 0.5) is 0 Å². The Morgan fingerprint density at radius 1 is 1.24 bits per heavy atom. The first-order valence-corrected chi connectivity index (χ1v) is 11.6. The predicted octanol–water partition coefficient (Wildman–Crippen LogP) is 4.10. The molecule has 6 nitrogen and oxygen atoms in total. The van der Waals surface area contributed by atoms with Crippen LogP contribution in [0, 0.1) is 0 Å². The maximum absolute atomic E-state index is 12.4. The molecular formula is C21H23N3O3S2. The van der Waals surface area contributed by atoms with Crippen LogP contribution in [0.2, 0.25) is 0 Å². The summed E-state index contributed by atoms with van der Waals surface area (Å²) in [6.45, 7) is 5.27. The van der Waals surface area contributed by atoms with Gasteiger partial charge in [0.25, 0.3) is 0 Å². The molecule has 3 heterocycles. The van der Waals surface area contributed by atoms with E-state index < -0.39 is 0 Å². The molecule has 1 aliphatic rings. The molecule has 0 aliphatic carbocycles. The Morgan fingerprint density at radius 3 is 2.79 bits per heavy atom. The van der Waals surface area contributed by atoms with Crippen molar-refractivity contribution in [2.75, 3.05) is 38.7 Å². The fourth-order valence-electron chi connectivity index (χ4n) is 3.27. The van der Waals surface area contributed by atoms with Gasteiger partial charge in [-0.05, 0) is 24.6 Å². The van der Waals surface area contributed by atoms with E-state index in [0.717, 1.165) is 32.1 Å². The monoisotopic (exact) mass is 429 g/mol. The maximum atomic E-state index is 12.4. The van der Waals surface area contributed by atoms with Crippen molar-refractivity contribution in [1.82, 2.24) is 14.9 Å². The summed E-state index contributed by atoms with van der Waals surface area (Å²) < 4.78 is 10.9. The first-order chi connectivity index (χ1) is 14.3. The number of carbonyl (C=O) groups excluding carboxylic acids is 1. The highest BCUT2D eigenvalue weighted by atomic mass is 32.2. The molecule has 1 saturated heterocycles. The van der Waals surface area contributed by atoms with Crippen LogP contribution in [-0.2, 0) is 9.53 Å². The van der Waals surface area contributed by atoms with Gasteiger partial charge in [0.2, 0.25) is 5.91 Å². The van der Waals surface area contributed by atoms with Gasteiger partial charge >= 0.3 is 0 Å². The van der Waals surface area contributed by atoms with E-state index in [1.165, 1.54) is 0 Å². The smallest absolute Gasteiger partial charge is 0.223 e. The number of hydrogen-bond donors (Lipinski definition) is 0. The Hall–Kier alpha value is -2.16. The van der Waals surface area contributed by atoms with E-state index in [-0.39, 0.29) is 5.91 Å². The van der Waals surface area contributed by atoms with E-state index in [1.807, 2.05) is 24.0 Å². The van der Waals surface area contributed by atoms with Gasteiger partial charge in [0.05, 0.1) is 25.2 Å². The quantitative estimate of drug-likeness (QED) is 0.416. The Balaban J connectivity index is 1.49. The molecule has 0 unspecified atom stereocenters. The average molecular weight is 430 g/mol.